The van der Waals surface area contributed by atoms with Gasteiger partial charge in [0.15, 0.2) is 4.80 Å². The Hall–Kier alpha value is -3.68. The molecular formula is C32H32ClN3O3S. The molecule has 206 valence electrons. The summed E-state index contributed by atoms with van der Waals surface area (Å²) < 4.78 is 9.75. The Morgan fingerprint density at radius 1 is 1.10 bits per heavy atom. The molecule has 0 saturated carbocycles. The Bertz CT molecular complexity index is 1810. The summed E-state index contributed by atoms with van der Waals surface area (Å²) in [6.45, 7) is 12.2. The van der Waals surface area contributed by atoms with E-state index >= 15 is 0 Å². The number of thiazole rings is 1. The number of aromatic nitrogens is 2. The number of hydrogen-bond donors (Lipinski definition) is 0. The third-order valence-corrected chi connectivity index (χ3v) is 8.51. The van der Waals surface area contributed by atoms with E-state index in [4.69, 9.17) is 21.3 Å². The highest BCUT2D eigenvalue weighted by Gasteiger charge is 2.33. The second-order valence-electron chi connectivity index (χ2n) is 10.3. The summed E-state index contributed by atoms with van der Waals surface area (Å²) in [5.74, 6) is -0.0906. The minimum absolute atomic E-state index is 0.188. The Labute approximate surface area is 242 Å². The molecule has 2 aromatic heterocycles. The Morgan fingerprint density at radius 2 is 1.77 bits per heavy atom. The summed E-state index contributed by atoms with van der Waals surface area (Å²) in [6, 6.07) is 17.2. The van der Waals surface area contributed by atoms with Crippen LogP contribution in [0.1, 0.15) is 67.7 Å². The molecule has 1 aliphatic rings. The SMILES string of the molecule is CCOC(=O)C1=C(C)N=c2sc(=Cc3cc(C)n(-c4ccc(Cl)cc4)c3C)c(=O)n2[C@H]1c1ccc(C(C)C)cc1. The van der Waals surface area contributed by atoms with Crippen LogP contribution in [0.5, 0.6) is 0 Å². The number of carbonyl (C=O) groups is 1. The monoisotopic (exact) mass is 573 g/mol. The van der Waals surface area contributed by atoms with Crippen LogP contribution in [0.4, 0.5) is 0 Å². The van der Waals surface area contributed by atoms with Crippen molar-refractivity contribution in [2.75, 3.05) is 6.61 Å². The van der Waals surface area contributed by atoms with E-state index in [1.165, 1.54) is 16.9 Å². The minimum atomic E-state index is -0.625. The van der Waals surface area contributed by atoms with Gasteiger partial charge in [0.25, 0.3) is 5.56 Å². The quantitative estimate of drug-likeness (QED) is 0.266. The van der Waals surface area contributed by atoms with Crippen molar-refractivity contribution in [3.05, 3.63) is 119 Å². The van der Waals surface area contributed by atoms with Crippen molar-refractivity contribution in [3.8, 4) is 5.69 Å². The van der Waals surface area contributed by atoms with Gasteiger partial charge in [0.1, 0.15) is 0 Å². The van der Waals surface area contributed by atoms with Crippen molar-refractivity contribution in [3.63, 3.8) is 0 Å². The molecule has 0 radical (unpaired) electrons. The van der Waals surface area contributed by atoms with Crippen LogP contribution in [0, 0.1) is 13.8 Å². The first kappa shape index (κ1) is 27.9. The maximum atomic E-state index is 14.0. The van der Waals surface area contributed by atoms with Crippen molar-refractivity contribution >= 4 is 35.0 Å². The molecule has 0 spiro atoms. The van der Waals surface area contributed by atoms with Gasteiger partial charge < -0.3 is 9.30 Å². The molecule has 6 nitrogen and oxygen atoms in total. The number of nitrogens with zero attached hydrogens (tertiary/aromatic N) is 3. The molecular weight excluding hydrogens is 542 g/mol. The van der Waals surface area contributed by atoms with Gasteiger partial charge in [0, 0.05) is 22.1 Å². The minimum Gasteiger partial charge on any atom is -0.463 e. The molecule has 0 fully saturated rings. The Morgan fingerprint density at radius 3 is 2.40 bits per heavy atom. The van der Waals surface area contributed by atoms with Gasteiger partial charge in [-0.3, -0.25) is 9.36 Å². The molecule has 4 aromatic rings. The van der Waals surface area contributed by atoms with E-state index in [9.17, 15) is 9.59 Å². The van der Waals surface area contributed by atoms with Gasteiger partial charge in [0.2, 0.25) is 0 Å². The fraction of sp³-hybridized carbons (Fsp3) is 0.281. The van der Waals surface area contributed by atoms with Crippen molar-refractivity contribution in [2.45, 2.75) is 53.5 Å². The molecule has 0 aliphatic carbocycles. The van der Waals surface area contributed by atoms with Gasteiger partial charge in [-0.15, -0.1) is 0 Å². The number of ether oxygens (including phenoxy) is 1. The molecule has 1 aliphatic heterocycles. The van der Waals surface area contributed by atoms with Crippen molar-refractivity contribution < 1.29 is 9.53 Å². The van der Waals surface area contributed by atoms with Crippen LogP contribution in [0.25, 0.3) is 11.8 Å². The second-order valence-corrected chi connectivity index (χ2v) is 11.7. The first-order valence-electron chi connectivity index (χ1n) is 13.3. The Balaban J connectivity index is 1.67. The second kappa shape index (κ2) is 11.1. The lowest BCUT2D eigenvalue weighted by molar-refractivity contribution is -0.139. The number of esters is 1. The average molecular weight is 574 g/mol. The lowest BCUT2D eigenvalue weighted by atomic mass is 9.93. The van der Waals surface area contributed by atoms with Gasteiger partial charge in [-0.05, 0) is 86.7 Å². The lowest BCUT2D eigenvalue weighted by Gasteiger charge is -2.25. The van der Waals surface area contributed by atoms with Crippen LogP contribution in [0.15, 0.2) is 75.7 Å². The number of benzene rings is 2. The summed E-state index contributed by atoms with van der Waals surface area (Å²) >= 11 is 7.43. The molecule has 5 rings (SSSR count). The standard InChI is InChI=1S/C32H32ClN3O3S/c1-7-39-31(38)28-20(5)34-32-36(29(28)23-10-8-22(9-11-23)18(2)3)30(37)27(40-32)17-24-16-19(4)35(21(24)6)26-14-12-25(33)13-15-26/h8-18,29H,7H2,1-6H3/t29-/m0/s1. The maximum Gasteiger partial charge on any atom is 0.338 e. The normalized spacial score (nSPS) is 15.4. The van der Waals surface area contributed by atoms with Gasteiger partial charge >= 0.3 is 5.97 Å². The maximum absolute atomic E-state index is 14.0. The van der Waals surface area contributed by atoms with Crippen LogP contribution in [-0.2, 0) is 9.53 Å². The van der Waals surface area contributed by atoms with E-state index in [-0.39, 0.29) is 12.2 Å². The highest BCUT2D eigenvalue weighted by molar-refractivity contribution is 7.07. The van der Waals surface area contributed by atoms with Crippen LogP contribution in [-0.4, -0.2) is 21.7 Å². The number of aryl methyl sites for hydroxylation is 1. The van der Waals surface area contributed by atoms with Gasteiger partial charge in [0.05, 0.1) is 28.5 Å². The smallest absolute Gasteiger partial charge is 0.338 e. The zero-order chi connectivity index (χ0) is 28.7. The number of carbonyl (C=O) groups excluding carboxylic acids is 1. The largest absolute Gasteiger partial charge is 0.463 e. The van der Waals surface area contributed by atoms with Gasteiger partial charge in [-0.2, -0.15) is 0 Å². The topological polar surface area (TPSA) is 65.6 Å². The van der Waals surface area contributed by atoms with E-state index in [2.05, 4.69) is 36.6 Å². The van der Waals surface area contributed by atoms with Gasteiger partial charge in [-0.1, -0.05) is 61.1 Å². The summed E-state index contributed by atoms with van der Waals surface area (Å²) in [7, 11) is 0. The van der Waals surface area contributed by atoms with Crippen molar-refractivity contribution in [1.29, 1.82) is 0 Å². The highest BCUT2D eigenvalue weighted by Crippen LogP contribution is 2.31. The zero-order valence-electron chi connectivity index (χ0n) is 23.5. The van der Waals surface area contributed by atoms with Crippen LogP contribution in [0.3, 0.4) is 0 Å². The highest BCUT2D eigenvalue weighted by atomic mass is 35.5. The van der Waals surface area contributed by atoms with Gasteiger partial charge in [-0.25, -0.2) is 9.79 Å². The first-order chi connectivity index (χ1) is 19.1. The molecule has 0 N–H and O–H groups in total. The number of hydrogen-bond acceptors (Lipinski definition) is 5. The predicted molar refractivity (Wildman–Crippen MR) is 161 cm³/mol. The molecule has 0 amide bonds. The molecule has 8 heteroatoms. The van der Waals surface area contributed by atoms with E-state index in [0.29, 0.717) is 31.5 Å². The number of fused-ring (bicyclic) bond motifs is 1. The molecule has 0 bridgehead atoms. The lowest BCUT2D eigenvalue weighted by Crippen LogP contribution is -2.39. The molecule has 0 unspecified atom stereocenters. The third-order valence-electron chi connectivity index (χ3n) is 7.28. The number of halogens is 1. The first-order valence-corrected chi connectivity index (χ1v) is 14.5. The molecule has 3 heterocycles. The summed E-state index contributed by atoms with van der Waals surface area (Å²) in [4.78, 5) is 32.4. The summed E-state index contributed by atoms with van der Waals surface area (Å²) in [5, 5.41) is 0.679. The van der Waals surface area contributed by atoms with Crippen LogP contribution >= 0.6 is 22.9 Å². The molecule has 2 aromatic carbocycles. The fourth-order valence-corrected chi connectivity index (χ4v) is 6.40. The van der Waals surface area contributed by atoms with Crippen LogP contribution in [0.2, 0.25) is 5.02 Å². The van der Waals surface area contributed by atoms with E-state index < -0.39 is 12.0 Å². The van der Waals surface area contributed by atoms with E-state index in [0.717, 1.165) is 28.2 Å². The van der Waals surface area contributed by atoms with Crippen LogP contribution < -0.4 is 14.9 Å². The summed E-state index contributed by atoms with van der Waals surface area (Å²) in [5.41, 5.74) is 6.78. The van der Waals surface area contributed by atoms with E-state index in [1.807, 2.05) is 56.3 Å². The predicted octanol–water partition coefficient (Wildman–Crippen LogP) is 5.98. The van der Waals surface area contributed by atoms with Crippen molar-refractivity contribution in [2.24, 2.45) is 4.99 Å². The molecule has 1 atom stereocenters. The van der Waals surface area contributed by atoms with Crippen molar-refractivity contribution in [1.82, 2.24) is 9.13 Å². The molecule has 0 saturated heterocycles. The zero-order valence-corrected chi connectivity index (χ0v) is 25.1. The fourth-order valence-electron chi connectivity index (χ4n) is 5.23. The number of allylic oxidation sites excluding steroid dienone is 1. The third kappa shape index (κ3) is 5.00. The number of rotatable bonds is 6. The van der Waals surface area contributed by atoms with E-state index in [1.54, 1.807) is 18.4 Å². The molecule has 40 heavy (non-hydrogen) atoms. The Kier molecular flexibility index (Phi) is 7.71. The average Bonchev–Trinajstić information content (AvgIpc) is 3.38. The summed E-state index contributed by atoms with van der Waals surface area (Å²) in [6.07, 6.45) is 1.92.